The van der Waals surface area contributed by atoms with Gasteiger partial charge in [0.25, 0.3) is 0 Å². The summed E-state index contributed by atoms with van der Waals surface area (Å²) in [6.07, 6.45) is -0.941. The molecule has 25 heavy (non-hydrogen) atoms. The fourth-order valence-corrected chi connectivity index (χ4v) is 4.76. The lowest BCUT2D eigenvalue weighted by atomic mass is 10.1. The number of hydrogen-bond donors (Lipinski definition) is 3. The summed E-state index contributed by atoms with van der Waals surface area (Å²) in [4.78, 5) is 10.1. The van der Waals surface area contributed by atoms with Crippen molar-refractivity contribution in [1.29, 1.82) is 0 Å². The van der Waals surface area contributed by atoms with Gasteiger partial charge in [-0.05, 0) is 52.8 Å². The van der Waals surface area contributed by atoms with E-state index in [0.717, 1.165) is 14.7 Å². The molecule has 3 unspecified atom stereocenters. The first-order valence-corrected chi connectivity index (χ1v) is 11.5. The molecule has 0 saturated carbocycles. The smallest absolute Gasteiger partial charge is 0.207 e. The maximum atomic E-state index is 12.3. The highest BCUT2D eigenvalue weighted by molar-refractivity contribution is 14.1. The van der Waals surface area contributed by atoms with Crippen LogP contribution in [0, 0.1) is 3.57 Å². The van der Waals surface area contributed by atoms with Gasteiger partial charge in [0, 0.05) is 22.3 Å². The van der Waals surface area contributed by atoms with Gasteiger partial charge in [-0.2, -0.15) is 0 Å². The number of benzene rings is 2. The molecule has 0 fully saturated rings. The zero-order valence-corrected chi connectivity index (χ0v) is 17.7. The molecule has 7 heteroatoms. The number of rotatable bonds is 8. The van der Waals surface area contributed by atoms with Crippen LogP contribution in [0.25, 0.3) is 0 Å². The zero-order chi connectivity index (χ0) is 18.4. The van der Waals surface area contributed by atoms with Crippen LogP contribution in [0.4, 0.5) is 0 Å². The number of halogens is 2. The lowest BCUT2D eigenvalue weighted by molar-refractivity contribution is 0.186. The summed E-state index contributed by atoms with van der Waals surface area (Å²) in [7, 11) is -3.43. The largest absolute Gasteiger partial charge is 0.391 e. The van der Waals surface area contributed by atoms with E-state index in [-0.39, 0.29) is 24.9 Å². The van der Waals surface area contributed by atoms with Gasteiger partial charge in [0.2, 0.25) is 7.37 Å². The fraction of sp³-hybridized carbons (Fsp3) is 0.333. The van der Waals surface area contributed by atoms with E-state index in [1.807, 2.05) is 55.5 Å². The van der Waals surface area contributed by atoms with Crippen LogP contribution in [0.15, 0.2) is 48.5 Å². The summed E-state index contributed by atoms with van der Waals surface area (Å²) in [5.74, 6) is 0. The average molecular weight is 494 g/mol. The molecule has 3 N–H and O–H groups in total. The van der Waals surface area contributed by atoms with Gasteiger partial charge < -0.3 is 15.3 Å². The minimum absolute atomic E-state index is 0.0173. The molecule has 2 aromatic carbocycles. The standard InChI is InChI=1S/C18H22ClINO3P/c1-13(15-7-8-18(20)17(19)9-15)21-10-16(22)12-25(23,24)11-14-5-3-2-4-6-14/h2-9,13,16,21-22H,10-12H2,1H3,(H,23,24). The third-order valence-electron chi connectivity index (χ3n) is 3.87. The van der Waals surface area contributed by atoms with E-state index < -0.39 is 13.5 Å². The lowest BCUT2D eigenvalue weighted by Gasteiger charge is -2.20. The molecular formula is C18H22ClINO3P. The Hall–Kier alpha value is -0.430. The van der Waals surface area contributed by atoms with Crippen molar-refractivity contribution in [2.45, 2.75) is 25.2 Å². The van der Waals surface area contributed by atoms with Crippen LogP contribution >= 0.6 is 41.6 Å². The van der Waals surface area contributed by atoms with Gasteiger partial charge in [-0.15, -0.1) is 0 Å². The first-order chi connectivity index (χ1) is 11.8. The summed E-state index contributed by atoms with van der Waals surface area (Å²) in [5, 5.41) is 14.0. The summed E-state index contributed by atoms with van der Waals surface area (Å²) in [5.41, 5.74) is 1.81. The Kier molecular flexibility index (Phi) is 7.92. The van der Waals surface area contributed by atoms with Crippen molar-refractivity contribution in [3.63, 3.8) is 0 Å². The molecule has 0 aliphatic heterocycles. The minimum Gasteiger partial charge on any atom is -0.391 e. The van der Waals surface area contributed by atoms with E-state index in [4.69, 9.17) is 11.6 Å². The first-order valence-electron chi connectivity index (χ1n) is 7.98. The quantitative estimate of drug-likeness (QED) is 0.376. The van der Waals surface area contributed by atoms with Gasteiger partial charge in [0.15, 0.2) is 0 Å². The highest BCUT2D eigenvalue weighted by Crippen LogP contribution is 2.44. The van der Waals surface area contributed by atoms with E-state index in [9.17, 15) is 14.6 Å². The van der Waals surface area contributed by atoms with Crippen molar-refractivity contribution in [2.75, 3.05) is 12.7 Å². The van der Waals surface area contributed by atoms with Gasteiger partial charge in [-0.1, -0.05) is 48.0 Å². The molecule has 2 rings (SSSR count). The Bertz CT molecular complexity index is 744. The Morgan fingerprint density at radius 2 is 1.92 bits per heavy atom. The predicted molar refractivity (Wildman–Crippen MR) is 111 cm³/mol. The van der Waals surface area contributed by atoms with Crippen LogP contribution in [0.1, 0.15) is 24.1 Å². The highest BCUT2D eigenvalue weighted by Gasteiger charge is 2.23. The second kappa shape index (κ2) is 9.49. The SMILES string of the molecule is CC(NCC(O)CP(=O)(O)Cc1ccccc1)c1ccc(I)c(Cl)c1. The summed E-state index contributed by atoms with van der Waals surface area (Å²) < 4.78 is 13.3. The van der Waals surface area contributed by atoms with Gasteiger partial charge >= 0.3 is 0 Å². The molecule has 4 nitrogen and oxygen atoms in total. The second-order valence-corrected chi connectivity index (χ2v) is 10.1. The van der Waals surface area contributed by atoms with Gasteiger partial charge in [-0.25, -0.2) is 0 Å². The average Bonchev–Trinajstić information content (AvgIpc) is 2.55. The van der Waals surface area contributed by atoms with Gasteiger partial charge in [-0.3, -0.25) is 4.57 Å². The first kappa shape index (κ1) is 20.9. The van der Waals surface area contributed by atoms with Crippen molar-refractivity contribution >= 4 is 41.6 Å². The molecule has 0 aliphatic rings. The molecule has 0 saturated heterocycles. The molecule has 0 radical (unpaired) electrons. The predicted octanol–water partition coefficient (Wildman–Crippen LogP) is 4.43. The number of nitrogens with one attached hydrogen (secondary N) is 1. The topological polar surface area (TPSA) is 69.6 Å². The van der Waals surface area contributed by atoms with E-state index in [2.05, 4.69) is 27.9 Å². The third-order valence-corrected chi connectivity index (χ3v) is 7.30. The van der Waals surface area contributed by atoms with Crippen molar-refractivity contribution in [2.24, 2.45) is 0 Å². The Balaban J connectivity index is 1.85. The summed E-state index contributed by atoms with van der Waals surface area (Å²) >= 11 is 8.30. The third kappa shape index (κ3) is 7.00. The van der Waals surface area contributed by atoms with Gasteiger partial charge in [0.05, 0.1) is 17.3 Å². The van der Waals surface area contributed by atoms with Crippen molar-refractivity contribution in [3.8, 4) is 0 Å². The Morgan fingerprint density at radius 3 is 2.56 bits per heavy atom. The lowest BCUT2D eigenvalue weighted by Crippen LogP contribution is -2.31. The molecule has 2 aromatic rings. The number of aliphatic hydroxyl groups is 1. The van der Waals surface area contributed by atoms with Crippen molar-refractivity contribution in [1.82, 2.24) is 5.32 Å². The zero-order valence-electron chi connectivity index (χ0n) is 13.9. The second-order valence-electron chi connectivity index (χ2n) is 6.13. The molecule has 0 heterocycles. The van der Waals surface area contributed by atoms with Crippen LogP contribution in [0.3, 0.4) is 0 Å². The van der Waals surface area contributed by atoms with E-state index in [1.54, 1.807) is 0 Å². The van der Waals surface area contributed by atoms with Crippen LogP contribution in [0.5, 0.6) is 0 Å². The normalized spacial score (nSPS) is 16.2. The summed E-state index contributed by atoms with van der Waals surface area (Å²) in [6, 6.07) is 15.0. The molecule has 3 atom stereocenters. The highest BCUT2D eigenvalue weighted by atomic mass is 127. The Morgan fingerprint density at radius 1 is 1.24 bits per heavy atom. The maximum Gasteiger partial charge on any atom is 0.207 e. The van der Waals surface area contributed by atoms with Crippen molar-refractivity contribution in [3.05, 3.63) is 68.3 Å². The molecule has 0 aliphatic carbocycles. The Labute approximate surface area is 167 Å². The molecule has 0 amide bonds. The summed E-state index contributed by atoms with van der Waals surface area (Å²) in [6.45, 7) is 2.21. The van der Waals surface area contributed by atoms with Crippen molar-refractivity contribution < 1.29 is 14.6 Å². The van der Waals surface area contributed by atoms with Crippen LogP contribution in [-0.4, -0.2) is 28.8 Å². The molecule has 0 spiro atoms. The molecular weight excluding hydrogens is 472 g/mol. The van der Waals surface area contributed by atoms with Gasteiger partial charge in [0.1, 0.15) is 0 Å². The van der Waals surface area contributed by atoms with Crippen LogP contribution < -0.4 is 5.32 Å². The number of aliphatic hydroxyl groups excluding tert-OH is 1. The van der Waals surface area contributed by atoms with E-state index >= 15 is 0 Å². The van der Waals surface area contributed by atoms with Crippen LogP contribution in [-0.2, 0) is 10.7 Å². The van der Waals surface area contributed by atoms with E-state index in [1.165, 1.54) is 0 Å². The fourth-order valence-electron chi connectivity index (χ4n) is 2.54. The molecule has 0 aromatic heterocycles. The molecule has 0 bridgehead atoms. The number of hydrogen-bond acceptors (Lipinski definition) is 3. The minimum atomic E-state index is -3.43. The molecule has 136 valence electrons. The van der Waals surface area contributed by atoms with Crippen LogP contribution in [0.2, 0.25) is 5.02 Å². The monoisotopic (exact) mass is 493 g/mol. The van der Waals surface area contributed by atoms with E-state index in [0.29, 0.717) is 5.02 Å². The maximum absolute atomic E-state index is 12.3.